The van der Waals surface area contributed by atoms with Gasteiger partial charge < -0.3 is 9.45 Å². The molecule has 0 aliphatic carbocycles. The van der Waals surface area contributed by atoms with Crippen molar-refractivity contribution in [3.8, 4) is 0 Å². The summed E-state index contributed by atoms with van der Waals surface area (Å²) in [5.74, 6) is 0. The van der Waals surface area contributed by atoms with Crippen LogP contribution in [0.3, 0.4) is 0 Å². The van der Waals surface area contributed by atoms with Gasteiger partial charge in [-0.2, -0.15) is 9.35 Å². The Morgan fingerprint density at radius 1 is 1.67 bits per heavy atom. The number of nitrogens with zero attached hydrogens (tertiary/aromatic N) is 2. The minimum Gasteiger partial charge on any atom is -0.321 e. The van der Waals surface area contributed by atoms with Gasteiger partial charge in [0.1, 0.15) is 0 Å². The summed E-state index contributed by atoms with van der Waals surface area (Å²) in [4.78, 5) is 13.1. The molecule has 0 aromatic carbocycles. The molecule has 0 saturated carbocycles. The second-order valence-corrected chi connectivity index (χ2v) is 3.30. The lowest BCUT2D eigenvalue weighted by atomic mass is 10.1. The van der Waals surface area contributed by atoms with Gasteiger partial charge in [-0.3, -0.25) is 0 Å². The summed E-state index contributed by atoms with van der Waals surface area (Å²) in [5.41, 5.74) is 0. The second kappa shape index (κ2) is 3.12. The molecule has 2 amide bonds. The van der Waals surface area contributed by atoms with E-state index in [0.717, 1.165) is 25.9 Å². The Labute approximate surface area is 74.6 Å². The highest BCUT2D eigenvalue weighted by atomic mass is 32.2. The number of carbonyl (C=O) groups excluding carboxylic acids is 1. The van der Waals surface area contributed by atoms with E-state index in [2.05, 4.69) is 0 Å². The molecule has 2 aliphatic heterocycles. The van der Waals surface area contributed by atoms with Crippen LogP contribution in [0.5, 0.6) is 0 Å². The summed E-state index contributed by atoms with van der Waals surface area (Å²) < 4.78 is 13.2. The van der Waals surface area contributed by atoms with Crippen molar-refractivity contribution in [3.63, 3.8) is 0 Å². The van der Waals surface area contributed by atoms with E-state index in [4.69, 9.17) is 8.84 Å². The summed E-state index contributed by atoms with van der Waals surface area (Å²) in [6.45, 7) is 1.55. The molecule has 2 heterocycles. The van der Waals surface area contributed by atoms with Crippen LogP contribution < -0.4 is 0 Å². The standard InChI is InChI=1S/C6H10N2O3S/c9-6-7-3-1-2-5(4-7)8(6)11-12-10/h5,10H,1-4H2. The van der Waals surface area contributed by atoms with E-state index in [1.807, 2.05) is 0 Å². The number of hydrogen-bond donors (Lipinski definition) is 1. The van der Waals surface area contributed by atoms with Crippen LogP contribution in [0, 0.1) is 0 Å². The minimum atomic E-state index is -0.126. The number of piperidine rings is 1. The number of amides is 2. The Morgan fingerprint density at radius 3 is 3.17 bits per heavy atom. The monoisotopic (exact) mass is 190 g/mol. The van der Waals surface area contributed by atoms with Gasteiger partial charge in [-0.15, -0.1) is 0 Å². The van der Waals surface area contributed by atoms with Crippen molar-refractivity contribution in [1.29, 1.82) is 0 Å². The van der Waals surface area contributed by atoms with E-state index in [1.165, 1.54) is 5.06 Å². The molecule has 1 unspecified atom stereocenters. The topological polar surface area (TPSA) is 53.0 Å². The van der Waals surface area contributed by atoms with E-state index < -0.39 is 0 Å². The Hall–Kier alpha value is -0.460. The van der Waals surface area contributed by atoms with Gasteiger partial charge in [-0.1, -0.05) is 0 Å². The third-order valence-electron chi connectivity index (χ3n) is 2.30. The average molecular weight is 190 g/mol. The van der Waals surface area contributed by atoms with E-state index in [-0.39, 0.29) is 24.4 Å². The molecule has 1 N–H and O–H groups in total. The van der Waals surface area contributed by atoms with Crippen molar-refractivity contribution in [2.75, 3.05) is 13.1 Å². The normalized spacial score (nSPS) is 28.4. The van der Waals surface area contributed by atoms with Crippen LogP contribution in [-0.4, -0.2) is 39.7 Å². The lowest BCUT2D eigenvalue weighted by molar-refractivity contribution is -0.0135. The number of rotatable bonds is 2. The zero-order valence-electron chi connectivity index (χ0n) is 6.47. The van der Waals surface area contributed by atoms with Crippen LogP contribution >= 0.6 is 12.3 Å². The van der Waals surface area contributed by atoms with Gasteiger partial charge >= 0.3 is 6.03 Å². The lowest BCUT2D eigenvalue weighted by Crippen LogP contribution is -2.30. The maximum absolute atomic E-state index is 11.4. The van der Waals surface area contributed by atoms with Gasteiger partial charge in [-0.05, 0) is 12.8 Å². The molecule has 1 atom stereocenters. The van der Waals surface area contributed by atoms with Gasteiger partial charge in [0.25, 0.3) is 0 Å². The fraction of sp³-hybridized carbons (Fsp3) is 0.833. The number of hydrogen-bond acceptors (Lipinski definition) is 4. The molecule has 0 radical (unpaired) electrons. The quantitative estimate of drug-likeness (QED) is 0.658. The third kappa shape index (κ3) is 1.16. The molecule has 2 bridgehead atoms. The molecule has 2 aliphatic rings. The third-order valence-corrected chi connectivity index (χ3v) is 2.53. The Balaban J connectivity index is 2.08. The average Bonchev–Trinajstić information content (AvgIpc) is 2.31. The molecule has 0 spiro atoms. The number of hydroxylamine groups is 2. The van der Waals surface area contributed by atoms with E-state index in [1.54, 1.807) is 4.90 Å². The first-order valence-corrected chi connectivity index (χ1v) is 4.59. The fourth-order valence-corrected chi connectivity index (χ4v) is 2.00. The minimum absolute atomic E-state index is 0.126. The summed E-state index contributed by atoms with van der Waals surface area (Å²) in [5, 5.41) is 1.26. The van der Waals surface area contributed by atoms with Gasteiger partial charge in [0.2, 0.25) is 0 Å². The summed E-state index contributed by atoms with van der Waals surface area (Å²) >= 11 is 0.230. The van der Waals surface area contributed by atoms with Gasteiger partial charge in [0.15, 0.2) is 12.3 Å². The van der Waals surface area contributed by atoms with E-state index in [9.17, 15) is 4.79 Å². The van der Waals surface area contributed by atoms with Crippen molar-refractivity contribution in [2.45, 2.75) is 18.9 Å². The Morgan fingerprint density at radius 2 is 2.50 bits per heavy atom. The maximum Gasteiger partial charge on any atom is 0.345 e. The highest BCUT2D eigenvalue weighted by Crippen LogP contribution is 2.26. The first-order valence-electron chi connectivity index (χ1n) is 3.89. The van der Waals surface area contributed by atoms with Crippen LogP contribution in [0.1, 0.15) is 12.8 Å². The maximum atomic E-state index is 11.4. The molecule has 6 heteroatoms. The zero-order chi connectivity index (χ0) is 8.55. The van der Waals surface area contributed by atoms with Gasteiger partial charge in [0.05, 0.1) is 6.04 Å². The molecule has 5 nitrogen and oxygen atoms in total. The van der Waals surface area contributed by atoms with Crippen LogP contribution in [0.15, 0.2) is 0 Å². The highest BCUT2D eigenvalue weighted by molar-refractivity contribution is 7.88. The van der Waals surface area contributed by atoms with Crippen LogP contribution in [-0.2, 0) is 4.28 Å². The highest BCUT2D eigenvalue weighted by Gasteiger charge is 2.41. The summed E-state index contributed by atoms with van der Waals surface area (Å²) in [6, 6.07) is 0.00458. The molecule has 0 aromatic heterocycles. The molecule has 0 aromatic rings. The van der Waals surface area contributed by atoms with Crippen LogP contribution in [0.2, 0.25) is 0 Å². The van der Waals surface area contributed by atoms with Crippen molar-refractivity contribution < 1.29 is 13.6 Å². The molecule has 2 rings (SSSR count). The second-order valence-electron chi connectivity index (χ2n) is 3.00. The predicted octanol–water partition coefficient (Wildman–Crippen LogP) is 0.939. The van der Waals surface area contributed by atoms with Crippen LogP contribution in [0.4, 0.5) is 4.79 Å². The number of urea groups is 1. The molecule has 68 valence electrons. The first kappa shape index (κ1) is 8.15. The van der Waals surface area contributed by atoms with Crippen molar-refractivity contribution in [1.82, 2.24) is 9.96 Å². The first-order chi connectivity index (χ1) is 5.83. The predicted molar refractivity (Wildman–Crippen MR) is 43.1 cm³/mol. The van der Waals surface area contributed by atoms with Crippen molar-refractivity contribution in [2.24, 2.45) is 0 Å². The van der Waals surface area contributed by atoms with Crippen LogP contribution in [0.25, 0.3) is 0 Å². The van der Waals surface area contributed by atoms with Crippen molar-refractivity contribution in [3.05, 3.63) is 0 Å². The molecular formula is C6H10N2O3S. The molecule has 2 fully saturated rings. The Bertz CT molecular complexity index is 201. The Kier molecular flexibility index (Phi) is 2.12. The van der Waals surface area contributed by atoms with Gasteiger partial charge in [0, 0.05) is 13.1 Å². The van der Waals surface area contributed by atoms with Crippen molar-refractivity contribution >= 4 is 18.4 Å². The zero-order valence-corrected chi connectivity index (χ0v) is 7.29. The van der Waals surface area contributed by atoms with Gasteiger partial charge in [-0.25, -0.2) is 4.79 Å². The largest absolute Gasteiger partial charge is 0.345 e. The van der Waals surface area contributed by atoms with E-state index in [0.29, 0.717) is 0 Å². The smallest absolute Gasteiger partial charge is 0.321 e. The summed E-state index contributed by atoms with van der Waals surface area (Å²) in [6.07, 6.45) is 1.98. The number of carbonyl (C=O) groups is 1. The molecular weight excluding hydrogens is 180 g/mol. The fourth-order valence-electron chi connectivity index (χ4n) is 1.74. The lowest BCUT2D eigenvalue weighted by Gasteiger charge is -2.20. The van der Waals surface area contributed by atoms with E-state index >= 15 is 0 Å². The molecule has 12 heavy (non-hydrogen) atoms. The summed E-state index contributed by atoms with van der Waals surface area (Å²) in [7, 11) is 0. The molecule has 2 saturated heterocycles. The number of fused-ring (bicyclic) bond motifs is 2. The SMILES string of the molecule is O=C1N2CCCC(C2)N1OSO.